The smallest absolute Gasteiger partial charge is 0.142 e. The second kappa shape index (κ2) is 7.68. The van der Waals surface area contributed by atoms with E-state index in [0.29, 0.717) is 35.2 Å². The Bertz CT molecular complexity index is 480. The van der Waals surface area contributed by atoms with Crippen molar-refractivity contribution in [3.8, 4) is 5.75 Å². The number of hydrogen-bond donors (Lipinski definition) is 1. The van der Waals surface area contributed by atoms with E-state index in [2.05, 4.69) is 19.2 Å². The van der Waals surface area contributed by atoms with Crippen molar-refractivity contribution in [3.63, 3.8) is 0 Å². The largest absolute Gasteiger partial charge is 0.492 e. The monoisotopic (exact) mass is 331 g/mol. The second-order valence-electron chi connectivity index (χ2n) is 5.67. The summed E-state index contributed by atoms with van der Waals surface area (Å²) in [6, 6.07) is 4.15. The summed E-state index contributed by atoms with van der Waals surface area (Å²) in [7, 11) is 0. The minimum absolute atomic E-state index is 0.192. The molecule has 0 radical (unpaired) electrons. The zero-order chi connectivity index (χ0) is 15.4. The molecule has 0 spiro atoms. The molecular weight excluding hydrogens is 309 g/mol. The number of rotatable bonds is 6. The Labute approximate surface area is 136 Å². The lowest BCUT2D eigenvalue weighted by atomic mass is 9.97. The molecule has 0 aromatic heterocycles. The van der Waals surface area contributed by atoms with Gasteiger partial charge in [-0.05, 0) is 25.0 Å². The Morgan fingerprint density at radius 2 is 2.14 bits per heavy atom. The maximum absolute atomic E-state index is 6.23. The number of benzene rings is 1. The lowest BCUT2D eigenvalue weighted by molar-refractivity contribution is 0.0991. The van der Waals surface area contributed by atoms with Gasteiger partial charge in [0.1, 0.15) is 5.75 Å². The molecule has 0 saturated heterocycles. The van der Waals surface area contributed by atoms with Gasteiger partial charge in [-0.3, -0.25) is 0 Å². The van der Waals surface area contributed by atoms with Gasteiger partial charge in [-0.15, -0.1) is 0 Å². The van der Waals surface area contributed by atoms with E-state index in [9.17, 15) is 0 Å². The highest BCUT2D eigenvalue weighted by Gasteiger charge is 2.27. The summed E-state index contributed by atoms with van der Waals surface area (Å²) in [6.07, 6.45) is 0.902. The van der Waals surface area contributed by atoms with Crippen molar-refractivity contribution in [2.45, 2.75) is 39.3 Å². The summed E-state index contributed by atoms with van der Waals surface area (Å²) in [5.74, 6) is 1.24. The quantitative estimate of drug-likeness (QED) is 0.834. The van der Waals surface area contributed by atoms with Crippen LogP contribution in [0.25, 0.3) is 0 Å². The highest BCUT2D eigenvalue weighted by Crippen LogP contribution is 2.40. The normalized spacial score (nSPS) is 19.2. The van der Waals surface area contributed by atoms with Gasteiger partial charge in [0.05, 0.1) is 18.2 Å². The number of nitrogens with one attached hydrogen (secondary N) is 1. The lowest BCUT2D eigenvalue weighted by Crippen LogP contribution is -2.42. The van der Waals surface area contributed by atoms with Gasteiger partial charge in [0.25, 0.3) is 0 Å². The first-order valence-electron chi connectivity index (χ1n) is 7.48. The van der Waals surface area contributed by atoms with Crippen LogP contribution in [0, 0.1) is 5.92 Å². The third-order valence-corrected chi connectivity index (χ3v) is 4.29. The molecule has 2 unspecified atom stereocenters. The van der Waals surface area contributed by atoms with Crippen LogP contribution in [-0.2, 0) is 4.74 Å². The van der Waals surface area contributed by atoms with Crippen LogP contribution < -0.4 is 10.1 Å². The molecule has 0 saturated carbocycles. The first-order valence-corrected chi connectivity index (χ1v) is 8.24. The van der Waals surface area contributed by atoms with Crippen molar-refractivity contribution in [1.82, 2.24) is 5.32 Å². The van der Waals surface area contributed by atoms with Gasteiger partial charge in [0.15, 0.2) is 0 Å². The Balaban J connectivity index is 2.18. The van der Waals surface area contributed by atoms with Crippen LogP contribution >= 0.6 is 23.2 Å². The fourth-order valence-electron chi connectivity index (χ4n) is 2.54. The van der Waals surface area contributed by atoms with Crippen LogP contribution in [0.1, 0.15) is 38.8 Å². The van der Waals surface area contributed by atoms with Gasteiger partial charge in [-0.1, -0.05) is 37.0 Å². The van der Waals surface area contributed by atoms with Crippen molar-refractivity contribution < 1.29 is 9.47 Å². The van der Waals surface area contributed by atoms with Gasteiger partial charge in [-0.2, -0.15) is 0 Å². The van der Waals surface area contributed by atoms with E-state index in [0.717, 1.165) is 24.3 Å². The van der Waals surface area contributed by atoms with Crippen molar-refractivity contribution >= 4 is 23.2 Å². The Hall–Kier alpha value is -0.480. The van der Waals surface area contributed by atoms with E-state index in [1.807, 2.05) is 13.0 Å². The summed E-state index contributed by atoms with van der Waals surface area (Å²) in [6.45, 7) is 8.50. The predicted octanol–water partition coefficient (Wildman–Crippen LogP) is 4.47. The molecule has 1 aromatic rings. The second-order valence-corrected chi connectivity index (χ2v) is 6.52. The summed E-state index contributed by atoms with van der Waals surface area (Å²) >= 11 is 12.4. The minimum atomic E-state index is 0.192. The van der Waals surface area contributed by atoms with Crippen LogP contribution in [0.15, 0.2) is 12.1 Å². The molecule has 1 aliphatic rings. The summed E-state index contributed by atoms with van der Waals surface area (Å²) < 4.78 is 11.3. The fraction of sp³-hybridized carbons (Fsp3) is 0.625. The van der Waals surface area contributed by atoms with E-state index in [-0.39, 0.29) is 6.04 Å². The molecule has 1 heterocycles. The van der Waals surface area contributed by atoms with Gasteiger partial charge in [0, 0.05) is 35.7 Å². The summed E-state index contributed by atoms with van der Waals surface area (Å²) in [4.78, 5) is 0. The molecule has 1 aliphatic heterocycles. The molecule has 0 fully saturated rings. The molecule has 3 nitrogen and oxygen atoms in total. The molecule has 21 heavy (non-hydrogen) atoms. The molecular formula is C16H23Cl2NO2. The summed E-state index contributed by atoms with van der Waals surface area (Å²) in [5.41, 5.74) is 1.04. The molecule has 0 bridgehead atoms. The molecule has 1 N–H and O–H groups in total. The van der Waals surface area contributed by atoms with Crippen LogP contribution in [0.4, 0.5) is 0 Å². The first-order chi connectivity index (χ1) is 10.0. The van der Waals surface area contributed by atoms with Crippen LogP contribution in [0.2, 0.25) is 10.0 Å². The van der Waals surface area contributed by atoms with Gasteiger partial charge >= 0.3 is 0 Å². The van der Waals surface area contributed by atoms with Gasteiger partial charge < -0.3 is 14.8 Å². The third kappa shape index (κ3) is 4.26. The zero-order valence-electron chi connectivity index (χ0n) is 12.8. The topological polar surface area (TPSA) is 30.5 Å². The number of ether oxygens (including phenoxy) is 2. The van der Waals surface area contributed by atoms with E-state index in [1.54, 1.807) is 6.07 Å². The Morgan fingerprint density at radius 3 is 2.81 bits per heavy atom. The molecule has 0 amide bonds. The van der Waals surface area contributed by atoms with Crippen LogP contribution in [0.5, 0.6) is 5.75 Å². The Kier molecular flexibility index (Phi) is 6.18. The number of hydrogen-bond acceptors (Lipinski definition) is 3. The van der Waals surface area contributed by atoms with E-state index in [4.69, 9.17) is 32.7 Å². The maximum Gasteiger partial charge on any atom is 0.142 e. The average molecular weight is 332 g/mol. The first kappa shape index (κ1) is 16.9. The SMILES string of the molecule is CCOCC(NC1CCOc2c(Cl)cc(Cl)cc21)C(C)C. The van der Waals surface area contributed by atoms with Crippen molar-refractivity contribution in [2.75, 3.05) is 19.8 Å². The van der Waals surface area contributed by atoms with E-state index >= 15 is 0 Å². The lowest BCUT2D eigenvalue weighted by Gasteiger charge is -2.32. The zero-order valence-corrected chi connectivity index (χ0v) is 14.3. The van der Waals surface area contributed by atoms with Crippen molar-refractivity contribution in [3.05, 3.63) is 27.7 Å². The average Bonchev–Trinajstić information content (AvgIpc) is 2.43. The molecule has 2 atom stereocenters. The Morgan fingerprint density at radius 1 is 1.38 bits per heavy atom. The summed E-state index contributed by atoms with van der Waals surface area (Å²) in [5, 5.41) is 4.90. The molecule has 0 aliphatic carbocycles. The van der Waals surface area contributed by atoms with Crippen LogP contribution in [0.3, 0.4) is 0 Å². The standard InChI is InChI=1S/C16H23Cl2NO2/c1-4-20-9-15(10(2)3)19-14-5-6-21-16-12(14)7-11(17)8-13(16)18/h7-8,10,14-15,19H,4-6,9H2,1-3H3. The van der Waals surface area contributed by atoms with Gasteiger partial charge in [0.2, 0.25) is 0 Å². The van der Waals surface area contributed by atoms with Crippen molar-refractivity contribution in [2.24, 2.45) is 5.92 Å². The third-order valence-electron chi connectivity index (χ3n) is 3.79. The predicted molar refractivity (Wildman–Crippen MR) is 87.6 cm³/mol. The molecule has 118 valence electrons. The minimum Gasteiger partial charge on any atom is -0.492 e. The van der Waals surface area contributed by atoms with E-state index < -0.39 is 0 Å². The number of fused-ring (bicyclic) bond motifs is 1. The molecule has 1 aromatic carbocycles. The molecule has 2 rings (SSSR count). The number of halogens is 2. The highest BCUT2D eigenvalue weighted by molar-refractivity contribution is 6.35. The van der Waals surface area contributed by atoms with Gasteiger partial charge in [-0.25, -0.2) is 0 Å². The fourth-order valence-corrected chi connectivity index (χ4v) is 3.10. The highest BCUT2D eigenvalue weighted by atomic mass is 35.5. The molecule has 5 heteroatoms. The van der Waals surface area contributed by atoms with Crippen LogP contribution in [-0.4, -0.2) is 25.9 Å². The van der Waals surface area contributed by atoms with Crippen molar-refractivity contribution in [1.29, 1.82) is 0 Å². The maximum atomic E-state index is 6.23. The van der Waals surface area contributed by atoms with E-state index in [1.165, 1.54) is 0 Å².